The first-order valence-corrected chi connectivity index (χ1v) is 9.99. The number of benzene rings is 3. The first-order chi connectivity index (χ1) is 15.6. The molecule has 0 bridgehead atoms. The topological polar surface area (TPSA) is 95.1 Å². The Hall–Kier alpha value is -4.20. The Labute approximate surface area is 185 Å². The molecule has 3 aromatic carbocycles. The van der Waals surface area contributed by atoms with Gasteiger partial charge in [0.05, 0.1) is 12.8 Å². The molecule has 0 atom stereocenters. The minimum absolute atomic E-state index is 0.171. The van der Waals surface area contributed by atoms with Crippen molar-refractivity contribution in [3.8, 4) is 23.0 Å². The van der Waals surface area contributed by atoms with Crippen LogP contribution in [0.4, 0.5) is 11.4 Å². The van der Waals surface area contributed by atoms with E-state index in [-0.39, 0.29) is 18.4 Å². The van der Waals surface area contributed by atoms with Crippen molar-refractivity contribution >= 4 is 23.2 Å². The van der Waals surface area contributed by atoms with Crippen LogP contribution in [-0.2, 0) is 4.79 Å². The fourth-order valence-corrected chi connectivity index (χ4v) is 3.11. The Morgan fingerprint density at radius 3 is 2.44 bits per heavy atom. The molecule has 32 heavy (non-hydrogen) atoms. The lowest BCUT2D eigenvalue weighted by Crippen LogP contribution is -2.20. The van der Waals surface area contributed by atoms with E-state index in [2.05, 4.69) is 10.6 Å². The predicted molar refractivity (Wildman–Crippen MR) is 119 cm³/mol. The summed E-state index contributed by atoms with van der Waals surface area (Å²) in [5.41, 5.74) is 1.57. The third-order valence-corrected chi connectivity index (χ3v) is 4.67. The second-order valence-corrected chi connectivity index (χ2v) is 6.87. The van der Waals surface area contributed by atoms with Crippen LogP contribution in [0.15, 0.2) is 66.7 Å². The van der Waals surface area contributed by atoms with E-state index in [0.717, 1.165) is 0 Å². The van der Waals surface area contributed by atoms with Crippen LogP contribution in [0.3, 0.4) is 0 Å². The molecule has 2 amide bonds. The van der Waals surface area contributed by atoms with E-state index in [1.807, 2.05) is 12.1 Å². The number of carbonyl (C=O) groups is 2. The summed E-state index contributed by atoms with van der Waals surface area (Å²) in [6.45, 7) is 0.816. The van der Waals surface area contributed by atoms with Crippen molar-refractivity contribution in [2.45, 2.75) is 0 Å². The van der Waals surface area contributed by atoms with Gasteiger partial charge in [-0.1, -0.05) is 12.1 Å². The van der Waals surface area contributed by atoms with Gasteiger partial charge in [-0.15, -0.1) is 0 Å². The lowest BCUT2D eigenvalue weighted by atomic mass is 10.2. The maximum atomic E-state index is 12.5. The van der Waals surface area contributed by atoms with Gasteiger partial charge in [-0.3, -0.25) is 9.59 Å². The number of carbonyl (C=O) groups excluding carboxylic acids is 2. The molecule has 0 fully saturated rings. The largest absolute Gasteiger partial charge is 0.495 e. The molecule has 3 aromatic rings. The van der Waals surface area contributed by atoms with Crippen molar-refractivity contribution in [3.63, 3.8) is 0 Å². The predicted octanol–water partition coefficient (Wildman–Crippen LogP) is 3.74. The molecular weight excluding hydrogens is 412 g/mol. The Bertz CT molecular complexity index is 1110. The fraction of sp³-hybridized carbons (Fsp3) is 0.167. The third kappa shape index (κ3) is 5.10. The normalized spacial score (nSPS) is 11.9. The van der Waals surface area contributed by atoms with Gasteiger partial charge in [0, 0.05) is 17.3 Å². The van der Waals surface area contributed by atoms with Gasteiger partial charge >= 0.3 is 0 Å². The van der Waals surface area contributed by atoms with E-state index in [1.165, 1.54) is 0 Å². The molecule has 8 heteroatoms. The zero-order valence-electron chi connectivity index (χ0n) is 17.4. The summed E-state index contributed by atoms with van der Waals surface area (Å²) >= 11 is 0. The van der Waals surface area contributed by atoms with Crippen molar-refractivity contribution < 1.29 is 28.5 Å². The molecule has 1 heterocycles. The van der Waals surface area contributed by atoms with Crippen LogP contribution in [0.25, 0.3) is 0 Å². The van der Waals surface area contributed by atoms with Gasteiger partial charge in [-0.25, -0.2) is 0 Å². The molecule has 1 aliphatic rings. The first-order valence-electron chi connectivity index (χ1n) is 9.99. The molecule has 0 unspecified atom stereocenters. The van der Waals surface area contributed by atoms with Crippen LogP contribution in [0.1, 0.15) is 10.4 Å². The van der Waals surface area contributed by atoms with E-state index < -0.39 is 0 Å². The van der Waals surface area contributed by atoms with Crippen molar-refractivity contribution in [2.24, 2.45) is 0 Å². The van der Waals surface area contributed by atoms with Gasteiger partial charge in [-0.05, 0) is 48.5 Å². The van der Waals surface area contributed by atoms with E-state index >= 15 is 0 Å². The molecule has 0 aliphatic carbocycles. The maximum absolute atomic E-state index is 12.5. The van der Waals surface area contributed by atoms with E-state index in [0.29, 0.717) is 53.2 Å². The summed E-state index contributed by atoms with van der Waals surface area (Å²) in [5, 5.41) is 5.54. The lowest BCUT2D eigenvalue weighted by Gasteiger charge is -2.18. The van der Waals surface area contributed by atoms with Crippen LogP contribution in [0.5, 0.6) is 23.0 Å². The van der Waals surface area contributed by atoms with Gasteiger partial charge < -0.3 is 29.6 Å². The molecule has 0 radical (unpaired) electrons. The van der Waals surface area contributed by atoms with Crippen molar-refractivity contribution in [1.82, 2.24) is 0 Å². The minimum atomic E-state index is -0.328. The van der Waals surface area contributed by atoms with Gasteiger partial charge in [0.25, 0.3) is 11.8 Å². The Morgan fingerprint density at radius 2 is 1.66 bits per heavy atom. The number of hydrogen-bond acceptors (Lipinski definition) is 6. The number of amides is 2. The molecule has 0 spiro atoms. The second-order valence-electron chi connectivity index (χ2n) is 6.87. The highest BCUT2D eigenvalue weighted by molar-refractivity contribution is 6.05. The standard InChI is InChI=1S/C24H22N2O6/c1-29-20-5-3-2-4-19(20)26-24(28)16-6-8-17(9-7-16)25-23(27)15-32-18-10-11-21-22(14-18)31-13-12-30-21/h2-11,14H,12-13,15H2,1H3,(H,25,27)(H,26,28). The van der Waals surface area contributed by atoms with Gasteiger partial charge in [0.2, 0.25) is 0 Å². The number of nitrogens with one attached hydrogen (secondary N) is 2. The highest BCUT2D eigenvalue weighted by Gasteiger charge is 2.13. The van der Waals surface area contributed by atoms with Crippen molar-refractivity contribution in [1.29, 1.82) is 0 Å². The van der Waals surface area contributed by atoms with Crippen LogP contribution >= 0.6 is 0 Å². The van der Waals surface area contributed by atoms with E-state index in [4.69, 9.17) is 18.9 Å². The number of fused-ring (bicyclic) bond motifs is 1. The second kappa shape index (κ2) is 9.74. The van der Waals surface area contributed by atoms with Crippen molar-refractivity contribution in [3.05, 3.63) is 72.3 Å². The summed E-state index contributed by atoms with van der Waals surface area (Å²) in [5.74, 6) is 1.72. The number of anilines is 2. The van der Waals surface area contributed by atoms with Crippen molar-refractivity contribution in [2.75, 3.05) is 37.6 Å². The molecule has 2 N–H and O–H groups in total. The molecule has 0 saturated carbocycles. The zero-order valence-corrected chi connectivity index (χ0v) is 17.4. The van der Waals surface area contributed by atoms with Crippen LogP contribution < -0.4 is 29.6 Å². The highest BCUT2D eigenvalue weighted by atomic mass is 16.6. The first kappa shape index (κ1) is 21.0. The SMILES string of the molecule is COc1ccccc1NC(=O)c1ccc(NC(=O)COc2ccc3c(c2)OCCO3)cc1. The van der Waals surface area contributed by atoms with Gasteiger partial charge in [-0.2, -0.15) is 0 Å². The third-order valence-electron chi connectivity index (χ3n) is 4.67. The van der Waals surface area contributed by atoms with Gasteiger partial charge in [0.15, 0.2) is 18.1 Å². The Morgan fingerprint density at radius 1 is 0.906 bits per heavy atom. The van der Waals surface area contributed by atoms with E-state index in [9.17, 15) is 9.59 Å². The molecule has 0 aromatic heterocycles. The Kier molecular flexibility index (Phi) is 6.41. The minimum Gasteiger partial charge on any atom is -0.495 e. The van der Waals surface area contributed by atoms with Crippen LogP contribution in [-0.4, -0.2) is 38.7 Å². The summed E-state index contributed by atoms with van der Waals surface area (Å²) in [7, 11) is 1.54. The Balaban J connectivity index is 1.30. The number of para-hydroxylation sites is 2. The monoisotopic (exact) mass is 434 g/mol. The fourth-order valence-electron chi connectivity index (χ4n) is 3.11. The average molecular weight is 434 g/mol. The smallest absolute Gasteiger partial charge is 0.262 e. The molecule has 8 nitrogen and oxygen atoms in total. The van der Waals surface area contributed by atoms with Crippen LogP contribution in [0, 0.1) is 0 Å². The highest BCUT2D eigenvalue weighted by Crippen LogP contribution is 2.33. The summed E-state index contributed by atoms with van der Waals surface area (Å²) < 4.78 is 21.7. The molecule has 1 aliphatic heterocycles. The molecule has 4 rings (SSSR count). The van der Waals surface area contributed by atoms with Crippen LogP contribution in [0.2, 0.25) is 0 Å². The molecule has 164 valence electrons. The number of hydrogen-bond donors (Lipinski definition) is 2. The zero-order chi connectivity index (χ0) is 22.3. The lowest BCUT2D eigenvalue weighted by molar-refractivity contribution is -0.118. The summed E-state index contributed by atoms with van der Waals surface area (Å²) in [6.07, 6.45) is 0. The van der Waals surface area contributed by atoms with Gasteiger partial charge in [0.1, 0.15) is 24.7 Å². The number of rotatable bonds is 7. The summed E-state index contributed by atoms with van der Waals surface area (Å²) in [6, 6.07) is 18.9. The van der Waals surface area contributed by atoms with E-state index in [1.54, 1.807) is 61.7 Å². The number of methoxy groups -OCH3 is 1. The molecular formula is C24H22N2O6. The molecule has 0 saturated heterocycles. The quantitative estimate of drug-likeness (QED) is 0.588. The maximum Gasteiger partial charge on any atom is 0.262 e. The summed E-state index contributed by atoms with van der Waals surface area (Å²) in [4.78, 5) is 24.7. The average Bonchev–Trinajstić information content (AvgIpc) is 2.83. The number of ether oxygens (including phenoxy) is 4.